The molecule has 0 fully saturated rings. The Morgan fingerprint density at radius 2 is 2.07 bits per heavy atom. The molecule has 0 heterocycles. The highest BCUT2D eigenvalue weighted by atomic mass is 32.2. The zero-order chi connectivity index (χ0) is 11.4. The van der Waals surface area contributed by atoms with Crippen LogP contribution in [0.15, 0.2) is 0 Å². The zero-order valence-electron chi connectivity index (χ0n) is 8.95. The molecule has 0 amide bonds. The lowest BCUT2D eigenvalue weighted by molar-refractivity contribution is 0.331. The summed E-state index contributed by atoms with van der Waals surface area (Å²) in [5, 5.41) is 7.18. The van der Waals surface area contributed by atoms with Crippen LogP contribution in [-0.2, 0) is 9.84 Å². The van der Waals surface area contributed by atoms with Crippen LogP contribution in [0.3, 0.4) is 0 Å². The van der Waals surface area contributed by atoms with Crippen LogP contribution in [0.5, 0.6) is 0 Å². The first kappa shape index (κ1) is 13.4. The Morgan fingerprint density at radius 3 is 2.43 bits per heavy atom. The van der Waals surface area contributed by atoms with Gasteiger partial charge in [-0.15, -0.1) is 0 Å². The third-order valence-corrected chi connectivity index (χ3v) is 2.88. The van der Waals surface area contributed by atoms with E-state index < -0.39 is 9.84 Å². The lowest BCUT2D eigenvalue weighted by Crippen LogP contribution is -2.34. The van der Waals surface area contributed by atoms with Gasteiger partial charge in [0.25, 0.3) is 0 Å². The molecule has 0 aliphatic rings. The van der Waals surface area contributed by atoms with Crippen LogP contribution in [0, 0.1) is 11.3 Å². The maximum absolute atomic E-state index is 10.9. The van der Waals surface area contributed by atoms with Crippen molar-refractivity contribution < 1.29 is 8.42 Å². The highest BCUT2D eigenvalue weighted by Gasteiger charge is 2.10. The second kappa shape index (κ2) is 5.31. The van der Waals surface area contributed by atoms with Crippen molar-refractivity contribution in [2.24, 2.45) is 11.7 Å². The van der Waals surface area contributed by atoms with Crippen molar-refractivity contribution in [3.05, 3.63) is 0 Å². The summed E-state index contributed by atoms with van der Waals surface area (Å²) in [6.07, 6.45) is 1.22. The smallest absolute Gasteiger partial charge is 0.148 e. The van der Waals surface area contributed by atoms with Crippen molar-refractivity contribution >= 4 is 15.7 Å². The number of rotatable bonds is 6. The minimum absolute atomic E-state index is 0.0282. The maximum Gasteiger partial charge on any atom is 0.148 e. The fourth-order valence-corrected chi connectivity index (χ4v) is 1.62. The van der Waals surface area contributed by atoms with Gasteiger partial charge in [0.05, 0.1) is 11.6 Å². The average Bonchev–Trinajstić information content (AvgIpc) is 1.99. The summed E-state index contributed by atoms with van der Waals surface area (Å²) in [5.41, 5.74) is 5.30. The van der Waals surface area contributed by atoms with Crippen LogP contribution in [0.4, 0.5) is 0 Å². The molecular weight excluding hydrogens is 202 g/mol. The SMILES string of the molecule is CC(CN(C)CCS(C)(=O)=O)C(=N)N. The third-order valence-electron chi connectivity index (χ3n) is 1.96. The first-order valence-electron chi connectivity index (χ1n) is 4.42. The molecule has 0 saturated carbocycles. The van der Waals surface area contributed by atoms with Gasteiger partial charge in [0.15, 0.2) is 0 Å². The highest BCUT2D eigenvalue weighted by Crippen LogP contribution is 1.97. The van der Waals surface area contributed by atoms with Crippen LogP contribution >= 0.6 is 0 Å². The van der Waals surface area contributed by atoms with E-state index in [1.165, 1.54) is 6.26 Å². The molecule has 5 nitrogen and oxygen atoms in total. The van der Waals surface area contributed by atoms with Gasteiger partial charge < -0.3 is 10.6 Å². The van der Waals surface area contributed by atoms with E-state index in [4.69, 9.17) is 11.1 Å². The number of hydrogen-bond acceptors (Lipinski definition) is 4. The maximum atomic E-state index is 10.9. The van der Waals surface area contributed by atoms with Crippen molar-refractivity contribution in [3.8, 4) is 0 Å². The quantitative estimate of drug-likeness (QED) is 0.469. The predicted octanol–water partition coefficient (Wildman–Crippen LogP) is -0.465. The van der Waals surface area contributed by atoms with Crippen molar-refractivity contribution in [1.82, 2.24) is 4.90 Å². The van der Waals surface area contributed by atoms with Gasteiger partial charge in [0.2, 0.25) is 0 Å². The first-order chi connectivity index (χ1) is 6.22. The molecule has 1 atom stereocenters. The highest BCUT2D eigenvalue weighted by molar-refractivity contribution is 7.90. The summed E-state index contributed by atoms with van der Waals surface area (Å²) >= 11 is 0. The number of nitrogens with two attached hydrogens (primary N) is 1. The van der Waals surface area contributed by atoms with Gasteiger partial charge >= 0.3 is 0 Å². The largest absolute Gasteiger partial charge is 0.387 e. The molecule has 6 heteroatoms. The zero-order valence-corrected chi connectivity index (χ0v) is 9.76. The summed E-state index contributed by atoms with van der Waals surface area (Å²) in [6.45, 7) is 2.95. The summed E-state index contributed by atoms with van der Waals surface area (Å²) in [5.74, 6) is 0.254. The van der Waals surface area contributed by atoms with Gasteiger partial charge in [-0.2, -0.15) is 0 Å². The molecule has 0 aromatic rings. The number of nitrogens with one attached hydrogen (secondary N) is 1. The number of sulfone groups is 1. The lowest BCUT2D eigenvalue weighted by Gasteiger charge is -2.19. The molecule has 0 spiro atoms. The third kappa shape index (κ3) is 6.85. The molecule has 1 unspecified atom stereocenters. The molecule has 0 aliphatic heterocycles. The second-order valence-electron chi connectivity index (χ2n) is 3.75. The lowest BCUT2D eigenvalue weighted by atomic mass is 10.1. The van der Waals surface area contributed by atoms with Gasteiger partial charge in [0.1, 0.15) is 9.84 Å². The summed E-state index contributed by atoms with van der Waals surface area (Å²) in [4.78, 5) is 1.87. The molecular formula is C8H19N3O2S. The van der Waals surface area contributed by atoms with E-state index in [9.17, 15) is 8.42 Å². The van der Waals surface area contributed by atoms with Crippen molar-refractivity contribution in [1.29, 1.82) is 5.41 Å². The molecule has 0 rings (SSSR count). The minimum Gasteiger partial charge on any atom is -0.387 e. The van der Waals surface area contributed by atoms with Crippen LogP contribution in [-0.4, -0.2) is 51.3 Å². The van der Waals surface area contributed by atoms with Crippen LogP contribution in [0.1, 0.15) is 6.92 Å². The number of amidine groups is 1. The standard InChI is InChI=1S/C8H19N3O2S/c1-7(8(9)10)6-11(2)4-5-14(3,12)13/h7H,4-6H2,1-3H3,(H3,9,10). The predicted molar refractivity (Wildman–Crippen MR) is 58.3 cm³/mol. The van der Waals surface area contributed by atoms with Gasteiger partial charge in [-0.25, -0.2) is 8.42 Å². The Bertz CT molecular complexity index is 287. The van der Waals surface area contributed by atoms with Crippen molar-refractivity contribution in [2.45, 2.75) is 6.92 Å². The number of hydrogen-bond donors (Lipinski definition) is 2. The van der Waals surface area contributed by atoms with Crippen molar-refractivity contribution in [3.63, 3.8) is 0 Å². The van der Waals surface area contributed by atoms with E-state index in [1.54, 1.807) is 0 Å². The van der Waals surface area contributed by atoms with E-state index >= 15 is 0 Å². The molecule has 14 heavy (non-hydrogen) atoms. The molecule has 84 valence electrons. The van der Waals surface area contributed by atoms with E-state index in [0.717, 1.165) is 0 Å². The Hall–Kier alpha value is -0.620. The van der Waals surface area contributed by atoms with Crippen LogP contribution < -0.4 is 5.73 Å². The molecule has 0 aromatic carbocycles. The van der Waals surface area contributed by atoms with Gasteiger partial charge in [-0.1, -0.05) is 6.92 Å². The Balaban J connectivity index is 3.88. The van der Waals surface area contributed by atoms with Gasteiger partial charge in [-0.3, -0.25) is 5.41 Å². The summed E-state index contributed by atoms with van der Waals surface area (Å²) in [6, 6.07) is 0. The topological polar surface area (TPSA) is 87.2 Å². The van der Waals surface area contributed by atoms with E-state index in [1.807, 2.05) is 18.9 Å². The molecule has 0 radical (unpaired) electrons. The Kier molecular flexibility index (Phi) is 5.07. The molecule has 0 bridgehead atoms. The molecule has 0 aliphatic carbocycles. The summed E-state index contributed by atoms with van der Waals surface area (Å²) in [7, 11) is -1.08. The van der Waals surface area contributed by atoms with Gasteiger partial charge in [-0.05, 0) is 7.05 Å². The fourth-order valence-electron chi connectivity index (χ4n) is 0.979. The number of nitrogens with zero attached hydrogens (tertiary/aromatic N) is 1. The van der Waals surface area contributed by atoms with Crippen molar-refractivity contribution in [2.75, 3.05) is 32.1 Å². The first-order valence-corrected chi connectivity index (χ1v) is 6.48. The van der Waals surface area contributed by atoms with E-state index in [2.05, 4.69) is 0 Å². The second-order valence-corrected chi connectivity index (χ2v) is 6.01. The Morgan fingerprint density at radius 1 is 1.57 bits per heavy atom. The van der Waals surface area contributed by atoms with E-state index in [-0.39, 0.29) is 17.5 Å². The molecule has 0 aromatic heterocycles. The fraction of sp³-hybridized carbons (Fsp3) is 0.875. The molecule has 3 N–H and O–H groups in total. The monoisotopic (exact) mass is 221 g/mol. The summed E-state index contributed by atoms with van der Waals surface area (Å²) < 4.78 is 21.7. The average molecular weight is 221 g/mol. The van der Waals surface area contributed by atoms with Crippen LogP contribution in [0.25, 0.3) is 0 Å². The van der Waals surface area contributed by atoms with Crippen LogP contribution in [0.2, 0.25) is 0 Å². The van der Waals surface area contributed by atoms with E-state index in [0.29, 0.717) is 13.1 Å². The Labute approximate surface area is 85.7 Å². The molecule has 0 saturated heterocycles. The minimum atomic E-state index is -2.90. The normalized spacial score (nSPS) is 14.3. The van der Waals surface area contributed by atoms with Gasteiger partial charge in [0, 0.05) is 25.3 Å².